The standard InChI is InChI=1S/C32H36N3O4/c1-31(2,3)39-30(37)20-10-12-23-26(14-20)35-18-32(27(36)17-34-33)16-25(32)24-15-21(38-4)11-13-22(24)29(35)28(23)19-8-6-5-7-9-19/h10-15,17,19,25,33H,5-9,16,18H2,1-4H3/q+1. The Bertz CT molecular complexity index is 1550. The minimum absolute atomic E-state index is 0.0243. The third-order valence-corrected chi connectivity index (χ3v) is 8.83. The summed E-state index contributed by atoms with van der Waals surface area (Å²) in [6.07, 6.45) is 7.77. The fourth-order valence-corrected chi connectivity index (χ4v) is 6.98. The molecule has 2 heterocycles. The van der Waals surface area contributed by atoms with Crippen LogP contribution in [0.25, 0.3) is 22.2 Å². The summed E-state index contributed by atoms with van der Waals surface area (Å²) >= 11 is 0. The predicted molar refractivity (Wildman–Crippen MR) is 149 cm³/mol. The van der Waals surface area contributed by atoms with Gasteiger partial charge in [-0.25, -0.2) is 4.79 Å². The fraction of sp³-hybridized carbons (Fsp3) is 0.469. The van der Waals surface area contributed by atoms with Crippen molar-refractivity contribution in [3.63, 3.8) is 0 Å². The average molecular weight is 527 g/mol. The summed E-state index contributed by atoms with van der Waals surface area (Å²) < 4.78 is 13.6. The number of hydrogen-bond donors (Lipinski definition) is 1. The van der Waals surface area contributed by atoms with Crippen molar-refractivity contribution < 1.29 is 23.9 Å². The second-order valence-electron chi connectivity index (χ2n) is 12.4. The highest BCUT2D eigenvalue weighted by Gasteiger charge is 2.63. The second kappa shape index (κ2) is 9.20. The van der Waals surface area contributed by atoms with Gasteiger partial charge >= 0.3 is 12.2 Å². The van der Waals surface area contributed by atoms with E-state index in [1.54, 1.807) is 7.11 Å². The Balaban J connectivity index is 1.64. The van der Waals surface area contributed by atoms with Gasteiger partial charge in [0.15, 0.2) is 0 Å². The SMILES string of the molecule is COc1ccc2c(c1)C1CC1(C(=O)C=[N+]=N)Cn1c-2c(C2CCCCC2)c2ccc(C(=O)OC(C)(C)C)cc21. The summed E-state index contributed by atoms with van der Waals surface area (Å²) in [6.45, 7) is 6.09. The van der Waals surface area contributed by atoms with E-state index >= 15 is 0 Å². The highest BCUT2D eigenvalue weighted by atomic mass is 16.6. The van der Waals surface area contributed by atoms with Crippen LogP contribution in [0.2, 0.25) is 0 Å². The van der Waals surface area contributed by atoms with Crippen molar-refractivity contribution in [2.45, 2.75) is 83.3 Å². The molecule has 0 amide bonds. The molecule has 2 aliphatic carbocycles. The zero-order chi connectivity index (χ0) is 27.5. The summed E-state index contributed by atoms with van der Waals surface area (Å²) in [6, 6.07) is 12.1. The number of methoxy groups -OCH3 is 1. The molecule has 2 aromatic carbocycles. The summed E-state index contributed by atoms with van der Waals surface area (Å²) in [4.78, 5) is 29.9. The highest BCUT2D eigenvalue weighted by molar-refractivity contribution is 6.29. The summed E-state index contributed by atoms with van der Waals surface area (Å²) in [7, 11) is 1.67. The van der Waals surface area contributed by atoms with Crippen molar-refractivity contribution in [1.29, 1.82) is 5.53 Å². The first-order chi connectivity index (χ1) is 18.7. The minimum atomic E-state index is -0.672. The number of benzene rings is 2. The Hall–Kier alpha value is -3.70. The monoisotopic (exact) mass is 526 g/mol. The molecule has 2 unspecified atom stereocenters. The van der Waals surface area contributed by atoms with Crippen molar-refractivity contribution in [2.75, 3.05) is 7.11 Å². The quantitative estimate of drug-likeness (QED) is 0.173. The maximum absolute atomic E-state index is 13.5. The number of Topliss-reactive ketones (excluding diaryl/α,β-unsaturated/α-hetero) is 1. The van der Waals surface area contributed by atoms with Gasteiger partial charge in [-0.05, 0) is 87.4 Å². The van der Waals surface area contributed by atoms with Gasteiger partial charge in [-0.1, -0.05) is 25.3 Å². The Morgan fingerprint density at radius 3 is 2.56 bits per heavy atom. The molecule has 0 radical (unpaired) electrons. The van der Waals surface area contributed by atoms with Crippen LogP contribution in [0.5, 0.6) is 5.75 Å². The smallest absolute Gasteiger partial charge is 0.373 e. The van der Waals surface area contributed by atoms with Crippen LogP contribution >= 0.6 is 0 Å². The average Bonchev–Trinajstić information content (AvgIpc) is 3.58. The van der Waals surface area contributed by atoms with Gasteiger partial charge in [0, 0.05) is 28.9 Å². The van der Waals surface area contributed by atoms with Gasteiger partial charge in [0.2, 0.25) is 5.78 Å². The van der Waals surface area contributed by atoms with Gasteiger partial charge in [-0.2, -0.15) is 0 Å². The largest absolute Gasteiger partial charge is 0.497 e. The van der Waals surface area contributed by atoms with Crippen LogP contribution in [0.1, 0.15) is 92.6 Å². The van der Waals surface area contributed by atoms with Gasteiger partial charge in [-0.15, -0.1) is 0 Å². The summed E-state index contributed by atoms with van der Waals surface area (Å²) in [5, 5.41) is 1.14. The molecule has 202 valence electrons. The van der Waals surface area contributed by atoms with E-state index in [-0.39, 0.29) is 17.7 Å². The number of esters is 1. The van der Waals surface area contributed by atoms with Crippen LogP contribution in [-0.2, 0) is 16.1 Å². The number of hydrogen-bond acceptors (Lipinski definition) is 5. The minimum Gasteiger partial charge on any atom is -0.497 e. The van der Waals surface area contributed by atoms with Crippen LogP contribution in [0, 0.1) is 10.9 Å². The maximum Gasteiger partial charge on any atom is 0.373 e. The lowest BCUT2D eigenvalue weighted by molar-refractivity contribution is -0.135. The Labute approximate surface area is 228 Å². The Morgan fingerprint density at radius 1 is 1.10 bits per heavy atom. The van der Waals surface area contributed by atoms with E-state index in [4.69, 9.17) is 15.0 Å². The molecule has 6 rings (SSSR count). The van der Waals surface area contributed by atoms with Crippen LogP contribution in [0.3, 0.4) is 0 Å². The molecular weight excluding hydrogens is 490 g/mol. The topological polar surface area (TPSA) is 95.5 Å². The van der Waals surface area contributed by atoms with E-state index in [1.807, 2.05) is 39.0 Å². The molecule has 3 aromatic rings. The Kier molecular flexibility index (Phi) is 6.03. The number of ketones is 1. The molecule has 1 aromatic heterocycles. The van der Waals surface area contributed by atoms with Crippen molar-refractivity contribution in [2.24, 2.45) is 5.41 Å². The van der Waals surface area contributed by atoms with E-state index in [9.17, 15) is 9.59 Å². The summed E-state index contributed by atoms with van der Waals surface area (Å²) in [5.41, 5.74) is 12.3. The van der Waals surface area contributed by atoms with Crippen molar-refractivity contribution in [3.05, 3.63) is 53.1 Å². The molecule has 2 saturated carbocycles. The van der Waals surface area contributed by atoms with E-state index < -0.39 is 11.0 Å². The van der Waals surface area contributed by atoms with Crippen LogP contribution < -0.4 is 4.74 Å². The zero-order valence-electron chi connectivity index (χ0n) is 23.2. The maximum atomic E-state index is 13.5. The molecule has 3 aliphatic rings. The lowest BCUT2D eigenvalue weighted by Crippen LogP contribution is -2.25. The molecule has 0 saturated heterocycles. The predicted octanol–water partition coefficient (Wildman–Crippen LogP) is 6.69. The third kappa shape index (κ3) is 4.20. The normalized spacial score (nSPS) is 22.1. The number of nitrogens with zero attached hydrogens (tertiary/aromatic N) is 2. The first-order valence-electron chi connectivity index (χ1n) is 14.0. The molecule has 0 spiro atoms. The van der Waals surface area contributed by atoms with Gasteiger partial charge in [0.1, 0.15) is 11.4 Å². The number of nitrogens with one attached hydrogen (secondary N) is 1. The van der Waals surface area contributed by atoms with Crippen LogP contribution in [-0.4, -0.2) is 40.0 Å². The zero-order valence-corrected chi connectivity index (χ0v) is 23.2. The number of carbonyl (C=O) groups excluding carboxylic acids is 2. The third-order valence-electron chi connectivity index (χ3n) is 8.83. The van der Waals surface area contributed by atoms with Crippen molar-refractivity contribution in [1.82, 2.24) is 4.57 Å². The van der Waals surface area contributed by atoms with Crippen molar-refractivity contribution in [3.8, 4) is 17.0 Å². The summed E-state index contributed by atoms with van der Waals surface area (Å²) in [5.74, 6) is 0.738. The molecule has 1 aliphatic heterocycles. The highest BCUT2D eigenvalue weighted by Crippen LogP contribution is 2.65. The fourth-order valence-electron chi connectivity index (χ4n) is 6.98. The first kappa shape index (κ1) is 25.6. The molecule has 7 nitrogen and oxygen atoms in total. The van der Waals surface area contributed by atoms with Crippen LogP contribution in [0.15, 0.2) is 36.4 Å². The Morgan fingerprint density at radius 2 is 1.87 bits per heavy atom. The molecule has 2 fully saturated rings. The number of ether oxygens (including phenoxy) is 2. The molecule has 2 atom stereocenters. The van der Waals surface area contributed by atoms with E-state index in [1.165, 1.54) is 24.8 Å². The molecule has 39 heavy (non-hydrogen) atoms. The van der Waals surface area contributed by atoms with E-state index in [0.717, 1.165) is 52.5 Å². The number of aromatic nitrogens is 1. The van der Waals surface area contributed by atoms with Crippen molar-refractivity contribution >= 4 is 28.9 Å². The first-order valence-corrected chi connectivity index (χ1v) is 14.0. The van der Waals surface area contributed by atoms with E-state index in [0.29, 0.717) is 24.4 Å². The molecule has 7 heteroatoms. The molecule has 1 N–H and O–H groups in total. The van der Waals surface area contributed by atoms with E-state index in [2.05, 4.69) is 27.6 Å². The van der Waals surface area contributed by atoms with Gasteiger partial charge in [0.05, 0.1) is 34.1 Å². The van der Waals surface area contributed by atoms with Gasteiger partial charge in [0.25, 0.3) is 0 Å². The number of rotatable bonds is 5. The number of fused-ring (bicyclic) bond motifs is 7. The number of carbonyl (C=O) groups is 2. The lowest BCUT2D eigenvalue weighted by atomic mass is 9.81. The van der Waals surface area contributed by atoms with Gasteiger partial charge < -0.3 is 14.0 Å². The second-order valence-corrected chi connectivity index (χ2v) is 12.4. The lowest BCUT2D eigenvalue weighted by Gasteiger charge is -2.24. The van der Waals surface area contributed by atoms with Gasteiger partial charge in [-0.3, -0.25) is 4.79 Å². The molecular formula is C32H36N3O4+. The molecule has 0 bridgehead atoms. The van der Waals surface area contributed by atoms with Crippen LogP contribution in [0.4, 0.5) is 0 Å².